The van der Waals surface area contributed by atoms with Crippen LogP contribution < -0.4 is 5.32 Å². The fourth-order valence-corrected chi connectivity index (χ4v) is 4.12. The number of hydrogen-bond acceptors (Lipinski definition) is 6. The first-order chi connectivity index (χ1) is 13.1. The molecule has 2 heterocycles. The minimum absolute atomic E-state index is 0.106. The van der Waals surface area contributed by atoms with E-state index in [1.165, 1.54) is 11.3 Å². The van der Waals surface area contributed by atoms with Crippen molar-refractivity contribution in [2.24, 2.45) is 0 Å². The number of nitrogens with one attached hydrogen (secondary N) is 1. The van der Waals surface area contributed by atoms with Crippen LogP contribution >= 0.6 is 23.1 Å². The lowest BCUT2D eigenvalue weighted by Gasteiger charge is -2.14. The predicted molar refractivity (Wildman–Crippen MR) is 106 cm³/mol. The van der Waals surface area contributed by atoms with Gasteiger partial charge >= 0.3 is 0 Å². The van der Waals surface area contributed by atoms with Crippen molar-refractivity contribution in [3.05, 3.63) is 70.6 Å². The van der Waals surface area contributed by atoms with Gasteiger partial charge in [-0.15, -0.1) is 11.3 Å². The van der Waals surface area contributed by atoms with Gasteiger partial charge in [0.15, 0.2) is 5.13 Å². The molecule has 27 heavy (non-hydrogen) atoms. The van der Waals surface area contributed by atoms with Gasteiger partial charge in [0.25, 0.3) is 17.1 Å². The molecule has 134 valence electrons. The molecular weight excluding hydrogens is 382 g/mol. The zero-order chi connectivity index (χ0) is 18.8. The number of anilines is 1. The van der Waals surface area contributed by atoms with E-state index in [4.69, 9.17) is 0 Å². The molecule has 0 atom stereocenters. The summed E-state index contributed by atoms with van der Waals surface area (Å²) in [5, 5.41) is 6.38. The van der Waals surface area contributed by atoms with E-state index in [2.05, 4.69) is 10.3 Å². The summed E-state index contributed by atoms with van der Waals surface area (Å²) in [5.41, 5.74) is 0.879. The zero-order valence-corrected chi connectivity index (χ0v) is 15.5. The largest absolute Gasteiger partial charge is 0.298 e. The van der Waals surface area contributed by atoms with Gasteiger partial charge in [0.2, 0.25) is 0 Å². The fraction of sp³-hybridized carbons (Fsp3) is 0.0526. The molecule has 1 N–H and O–H groups in total. The van der Waals surface area contributed by atoms with Crippen LogP contribution in [0.4, 0.5) is 9.93 Å². The molecule has 1 aliphatic heterocycles. The lowest BCUT2D eigenvalue weighted by Crippen LogP contribution is -2.27. The summed E-state index contributed by atoms with van der Waals surface area (Å²) in [6, 6.07) is 13.6. The first-order valence-electron chi connectivity index (χ1n) is 8.04. The molecule has 3 aromatic rings. The molecule has 4 rings (SSSR count). The summed E-state index contributed by atoms with van der Waals surface area (Å²) in [4.78, 5) is 42.2. The first-order valence-corrected chi connectivity index (χ1v) is 9.74. The summed E-state index contributed by atoms with van der Waals surface area (Å²) in [7, 11) is 0. The number of amides is 3. The van der Waals surface area contributed by atoms with E-state index >= 15 is 0 Å². The minimum atomic E-state index is -0.486. The Labute approximate surface area is 162 Å². The summed E-state index contributed by atoms with van der Waals surface area (Å²) in [6.07, 6.45) is 2.72. The number of carbonyl (C=O) groups excluding carboxylic acids is 3. The van der Waals surface area contributed by atoms with Gasteiger partial charge in [-0.2, -0.15) is 0 Å². The molecule has 0 unspecified atom stereocenters. The number of rotatable bonds is 4. The molecule has 6 nitrogen and oxygen atoms in total. The van der Waals surface area contributed by atoms with Crippen molar-refractivity contribution < 1.29 is 14.4 Å². The van der Waals surface area contributed by atoms with Crippen LogP contribution in [0, 0.1) is 0 Å². The number of imide groups is 1. The van der Waals surface area contributed by atoms with Crippen molar-refractivity contribution in [3.63, 3.8) is 0 Å². The second-order valence-corrected chi connectivity index (χ2v) is 7.62. The molecule has 8 heteroatoms. The van der Waals surface area contributed by atoms with Crippen LogP contribution in [-0.2, 0) is 16.1 Å². The quantitative estimate of drug-likeness (QED) is 0.675. The van der Waals surface area contributed by atoms with E-state index in [9.17, 15) is 14.4 Å². The van der Waals surface area contributed by atoms with Crippen molar-refractivity contribution >= 4 is 56.1 Å². The number of carbonyl (C=O) groups is 3. The third-order valence-electron chi connectivity index (χ3n) is 4.01. The lowest BCUT2D eigenvalue weighted by molar-refractivity contribution is -0.123. The maximum Gasteiger partial charge on any atom is 0.293 e. The molecular formula is C19H13N3O3S2. The molecule has 3 amide bonds. The molecule has 1 saturated heterocycles. The summed E-state index contributed by atoms with van der Waals surface area (Å²) >= 11 is 2.04. The highest BCUT2D eigenvalue weighted by Crippen LogP contribution is 2.33. The van der Waals surface area contributed by atoms with E-state index in [0.717, 1.165) is 39.1 Å². The third-order valence-corrected chi connectivity index (χ3v) is 5.60. The molecule has 0 aliphatic carbocycles. The molecule has 1 fully saturated rings. The second kappa shape index (κ2) is 7.34. The maximum absolute atomic E-state index is 12.6. The standard InChI is InChI=1S/C19H13N3O3S2/c23-16(21-18-20-8-9-26-18)10-15-17(24)22(19(25)27-15)11-13-6-3-5-12-4-1-2-7-14(12)13/h1-10H,11H2,(H,20,21,23)/b15-10-. The molecule has 0 radical (unpaired) electrons. The van der Waals surface area contributed by atoms with Gasteiger partial charge in [-0.25, -0.2) is 4.98 Å². The van der Waals surface area contributed by atoms with E-state index in [1.54, 1.807) is 11.6 Å². The number of aromatic nitrogens is 1. The highest BCUT2D eigenvalue weighted by molar-refractivity contribution is 8.18. The second-order valence-electron chi connectivity index (χ2n) is 5.73. The summed E-state index contributed by atoms with van der Waals surface area (Å²) in [6.45, 7) is 0.164. The number of nitrogens with zero attached hydrogens (tertiary/aromatic N) is 2. The predicted octanol–water partition coefficient (Wildman–Crippen LogP) is 4.01. The maximum atomic E-state index is 12.6. The number of hydrogen-bond donors (Lipinski definition) is 1. The van der Waals surface area contributed by atoms with Gasteiger partial charge in [0.1, 0.15) is 0 Å². The molecule has 1 aromatic heterocycles. The Bertz CT molecular complexity index is 1070. The summed E-state index contributed by atoms with van der Waals surface area (Å²) in [5.74, 6) is -0.951. The Morgan fingerprint density at radius 2 is 1.96 bits per heavy atom. The normalized spacial score (nSPS) is 15.7. The Morgan fingerprint density at radius 1 is 1.15 bits per heavy atom. The SMILES string of the molecule is O=C(/C=C1\SC(=O)N(Cc2cccc3ccccc23)C1=O)Nc1nccs1. The van der Waals surface area contributed by atoms with Gasteiger partial charge in [-0.05, 0) is 28.1 Å². The molecule has 0 spiro atoms. The van der Waals surface area contributed by atoms with Crippen molar-refractivity contribution in [2.45, 2.75) is 6.54 Å². The van der Waals surface area contributed by atoms with E-state index in [1.807, 2.05) is 42.5 Å². The van der Waals surface area contributed by atoms with Crippen LogP contribution in [0.15, 0.2) is 65.0 Å². The van der Waals surface area contributed by atoms with Crippen LogP contribution in [0.5, 0.6) is 0 Å². The van der Waals surface area contributed by atoms with Gasteiger partial charge in [0.05, 0.1) is 11.4 Å². The Hall–Kier alpha value is -2.97. The van der Waals surface area contributed by atoms with Crippen molar-refractivity contribution in [1.29, 1.82) is 0 Å². The number of thiazole rings is 1. The molecule has 0 bridgehead atoms. The van der Waals surface area contributed by atoms with Crippen LogP contribution in [0.3, 0.4) is 0 Å². The van der Waals surface area contributed by atoms with Crippen molar-refractivity contribution in [1.82, 2.24) is 9.88 Å². The van der Waals surface area contributed by atoms with Crippen molar-refractivity contribution in [2.75, 3.05) is 5.32 Å². The van der Waals surface area contributed by atoms with Crippen LogP contribution in [0.25, 0.3) is 10.8 Å². The highest BCUT2D eigenvalue weighted by atomic mass is 32.2. The Balaban J connectivity index is 1.54. The molecule has 2 aromatic carbocycles. The van der Waals surface area contributed by atoms with E-state index < -0.39 is 11.8 Å². The number of thioether (sulfide) groups is 1. The Kier molecular flexibility index (Phi) is 4.74. The molecule has 0 saturated carbocycles. The van der Waals surface area contributed by atoms with Crippen LogP contribution in [0.2, 0.25) is 0 Å². The smallest absolute Gasteiger partial charge is 0.293 e. The Morgan fingerprint density at radius 3 is 2.78 bits per heavy atom. The van der Waals surface area contributed by atoms with Crippen LogP contribution in [-0.4, -0.2) is 26.9 Å². The zero-order valence-electron chi connectivity index (χ0n) is 13.9. The lowest BCUT2D eigenvalue weighted by atomic mass is 10.0. The average molecular weight is 395 g/mol. The van der Waals surface area contributed by atoms with Crippen LogP contribution in [0.1, 0.15) is 5.56 Å². The van der Waals surface area contributed by atoms with Gasteiger partial charge in [-0.1, -0.05) is 42.5 Å². The monoisotopic (exact) mass is 395 g/mol. The van der Waals surface area contributed by atoms with E-state index in [0.29, 0.717) is 5.13 Å². The first kappa shape index (κ1) is 17.4. The van der Waals surface area contributed by atoms with Gasteiger partial charge in [0, 0.05) is 17.7 Å². The van der Waals surface area contributed by atoms with Gasteiger partial charge < -0.3 is 0 Å². The van der Waals surface area contributed by atoms with Crippen molar-refractivity contribution in [3.8, 4) is 0 Å². The number of benzene rings is 2. The third kappa shape index (κ3) is 3.62. The number of fused-ring (bicyclic) bond motifs is 1. The average Bonchev–Trinajstić information content (AvgIpc) is 3.26. The topological polar surface area (TPSA) is 79.4 Å². The minimum Gasteiger partial charge on any atom is -0.298 e. The molecule has 1 aliphatic rings. The van der Waals surface area contributed by atoms with Gasteiger partial charge in [-0.3, -0.25) is 24.6 Å². The highest BCUT2D eigenvalue weighted by Gasteiger charge is 2.35. The fourth-order valence-electron chi connectivity index (χ4n) is 2.78. The summed E-state index contributed by atoms with van der Waals surface area (Å²) < 4.78 is 0. The van der Waals surface area contributed by atoms with E-state index in [-0.39, 0.29) is 16.7 Å².